The van der Waals surface area contributed by atoms with Gasteiger partial charge in [-0.2, -0.15) is 8.78 Å². The predicted molar refractivity (Wildman–Crippen MR) is 31.7 cm³/mol. The Bertz CT molecular complexity index is 120. The summed E-state index contributed by atoms with van der Waals surface area (Å²) in [4.78, 5) is 0. The van der Waals surface area contributed by atoms with Gasteiger partial charge in [0.15, 0.2) is 0 Å². The first kappa shape index (κ1) is 8.07. The van der Waals surface area contributed by atoms with E-state index in [9.17, 15) is 8.78 Å². The Labute approximate surface area is 52.1 Å². The Morgan fingerprint density at radius 1 is 1.67 bits per heavy atom. The zero-order valence-corrected chi connectivity index (χ0v) is 4.99. The fourth-order valence-corrected chi connectivity index (χ4v) is 0.236. The lowest BCUT2D eigenvalue weighted by Gasteiger charge is -1.95. The molecular formula is C5H8F2N2. The van der Waals surface area contributed by atoms with Crippen LogP contribution in [0.2, 0.25) is 0 Å². The molecule has 0 fully saturated rings. The predicted octanol–water partition coefficient (Wildman–Crippen LogP) is 1.35. The Balaban J connectivity index is 3.56. The topological polar surface area (TPSA) is 35.9 Å². The Morgan fingerprint density at radius 3 is 2.56 bits per heavy atom. The molecule has 0 unspecified atom stereocenters. The van der Waals surface area contributed by atoms with Crippen LogP contribution >= 0.6 is 0 Å². The molecule has 2 nitrogen and oxygen atoms in total. The molecule has 0 spiro atoms. The quantitative estimate of drug-likeness (QED) is 0.443. The molecular weight excluding hydrogens is 126 g/mol. The van der Waals surface area contributed by atoms with Crippen molar-refractivity contribution in [2.24, 2.45) is 0 Å². The van der Waals surface area contributed by atoms with Crippen molar-refractivity contribution in [1.29, 1.82) is 5.41 Å². The van der Waals surface area contributed by atoms with E-state index in [1.54, 1.807) is 12.2 Å². The maximum Gasteiger partial charge on any atom is 0.312 e. The van der Waals surface area contributed by atoms with E-state index in [1.165, 1.54) is 0 Å². The molecule has 0 radical (unpaired) electrons. The van der Waals surface area contributed by atoms with E-state index in [4.69, 9.17) is 5.41 Å². The molecule has 0 saturated carbocycles. The highest BCUT2D eigenvalue weighted by Gasteiger charge is 1.93. The van der Waals surface area contributed by atoms with Crippen LogP contribution in [0.25, 0.3) is 0 Å². The second kappa shape index (κ2) is 4.00. The van der Waals surface area contributed by atoms with E-state index in [0.717, 1.165) is 12.4 Å². The second-order valence-corrected chi connectivity index (χ2v) is 1.50. The van der Waals surface area contributed by atoms with Crippen LogP contribution in [0.4, 0.5) is 8.78 Å². The number of allylic oxidation sites excluding steroid dienone is 1. The summed E-state index contributed by atoms with van der Waals surface area (Å²) in [7, 11) is 0. The fraction of sp³-hybridized carbons (Fsp3) is 0.400. The van der Waals surface area contributed by atoms with Gasteiger partial charge in [0.2, 0.25) is 0 Å². The lowest BCUT2D eigenvalue weighted by atomic mass is 10.4. The minimum Gasteiger partial charge on any atom is -0.336 e. The van der Waals surface area contributed by atoms with Crippen LogP contribution < -0.4 is 5.32 Å². The van der Waals surface area contributed by atoms with Crippen molar-refractivity contribution in [1.82, 2.24) is 5.32 Å². The summed E-state index contributed by atoms with van der Waals surface area (Å²) in [5.41, 5.74) is 0.468. The van der Waals surface area contributed by atoms with Gasteiger partial charge in [0, 0.05) is 12.4 Å². The third-order valence-corrected chi connectivity index (χ3v) is 0.665. The lowest BCUT2D eigenvalue weighted by Crippen LogP contribution is -2.12. The molecule has 4 heteroatoms. The smallest absolute Gasteiger partial charge is 0.312 e. The van der Waals surface area contributed by atoms with Crippen LogP contribution in [-0.4, -0.2) is 12.8 Å². The standard InChI is InChI=1S/C5H8F2N2/c1-4(2-8)3-9-5(6)7/h2-3,5,8-9H,1H3/b4-3-,8-2?. The SMILES string of the molecule is C/C(C=N)=C/NC(F)F. The van der Waals surface area contributed by atoms with Crippen molar-refractivity contribution < 1.29 is 8.78 Å². The summed E-state index contributed by atoms with van der Waals surface area (Å²) in [6.07, 6.45) is 2.09. The molecule has 0 bridgehead atoms. The molecule has 0 aromatic heterocycles. The Kier molecular flexibility index (Phi) is 3.59. The summed E-state index contributed by atoms with van der Waals surface area (Å²) in [5, 5.41) is 8.32. The van der Waals surface area contributed by atoms with Gasteiger partial charge in [0.05, 0.1) is 0 Å². The molecule has 2 N–H and O–H groups in total. The number of hydrogen-bond acceptors (Lipinski definition) is 2. The van der Waals surface area contributed by atoms with Crippen molar-refractivity contribution >= 4 is 6.21 Å². The van der Waals surface area contributed by atoms with E-state index >= 15 is 0 Å². The molecule has 0 aliphatic rings. The van der Waals surface area contributed by atoms with Crippen LogP contribution in [0.15, 0.2) is 11.8 Å². The highest BCUT2D eigenvalue weighted by molar-refractivity contribution is 5.74. The summed E-state index contributed by atoms with van der Waals surface area (Å²) >= 11 is 0. The molecule has 0 saturated heterocycles. The summed E-state index contributed by atoms with van der Waals surface area (Å²) in [5.74, 6) is 0. The number of alkyl halides is 2. The van der Waals surface area contributed by atoms with Crippen molar-refractivity contribution in [3.63, 3.8) is 0 Å². The average molecular weight is 134 g/mol. The third kappa shape index (κ3) is 4.93. The average Bonchev–Trinajstić information content (AvgIpc) is 1.83. The van der Waals surface area contributed by atoms with Gasteiger partial charge in [-0.15, -0.1) is 0 Å². The summed E-state index contributed by atoms with van der Waals surface area (Å²) in [6.45, 7) is -0.984. The first-order valence-electron chi connectivity index (χ1n) is 2.38. The van der Waals surface area contributed by atoms with Gasteiger partial charge in [0.1, 0.15) is 0 Å². The molecule has 0 atom stereocenters. The third-order valence-electron chi connectivity index (χ3n) is 0.665. The second-order valence-electron chi connectivity index (χ2n) is 1.50. The highest BCUT2D eigenvalue weighted by atomic mass is 19.3. The number of hydrogen-bond donors (Lipinski definition) is 2. The van der Waals surface area contributed by atoms with E-state index in [1.807, 2.05) is 0 Å². The molecule has 0 amide bonds. The first-order valence-corrected chi connectivity index (χ1v) is 2.38. The van der Waals surface area contributed by atoms with Crippen LogP contribution in [0.3, 0.4) is 0 Å². The van der Waals surface area contributed by atoms with Crippen molar-refractivity contribution in [2.45, 2.75) is 13.5 Å². The molecule has 52 valence electrons. The minimum absolute atomic E-state index is 0.468. The zero-order valence-electron chi connectivity index (χ0n) is 4.99. The molecule has 0 aliphatic heterocycles. The van der Waals surface area contributed by atoms with E-state index in [0.29, 0.717) is 5.57 Å². The van der Waals surface area contributed by atoms with Gasteiger partial charge >= 0.3 is 6.55 Å². The maximum atomic E-state index is 11.3. The number of rotatable bonds is 3. The molecule has 0 heterocycles. The van der Waals surface area contributed by atoms with Gasteiger partial charge in [-0.1, -0.05) is 0 Å². The van der Waals surface area contributed by atoms with Gasteiger partial charge in [-0.3, -0.25) is 0 Å². The number of nitrogens with one attached hydrogen (secondary N) is 2. The molecule has 0 aliphatic carbocycles. The van der Waals surface area contributed by atoms with E-state index in [2.05, 4.69) is 0 Å². The monoisotopic (exact) mass is 134 g/mol. The normalized spacial score (nSPS) is 11.8. The molecule has 0 rings (SSSR count). The van der Waals surface area contributed by atoms with E-state index in [-0.39, 0.29) is 0 Å². The van der Waals surface area contributed by atoms with Gasteiger partial charge in [-0.25, -0.2) is 0 Å². The van der Waals surface area contributed by atoms with Crippen LogP contribution in [0.1, 0.15) is 6.92 Å². The van der Waals surface area contributed by atoms with E-state index < -0.39 is 6.55 Å². The summed E-state index contributed by atoms with van der Waals surface area (Å²) in [6, 6.07) is 0. The van der Waals surface area contributed by atoms with Crippen molar-refractivity contribution in [3.05, 3.63) is 11.8 Å². The van der Waals surface area contributed by atoms with Crippen LogP contribution in [0.5, 0.6) is 0 Å². The summed E-state index contributed by atoms with van der Waals surface area (Å²) < 4.78 is 22.6. The van der Waals surface area contributed by atoms with Crippen LogP contribution in [0, 0.1) is 5.41 Å². The highest BCUT2D eigenvalue weighted by Crippen LogP contribution is 1.87. The van der Waals surface area contributed by atoms with Crippen LogP contribution in [-0.2, 0) is 0 Å². The largest absolute Gasteiger partial charge is 0.336 e. The first-order chi connectivity index (χ1) is 4.16. The van der Waals surface area contributed by atoms with Gasteiger partial charge in [0.25, 0.3) is 0 Å². The Hall–Kier alpha value is -0.930. The van der Waals surface area contributed by atoms with Crippen molar-refractivity contribution in [2.75, 3.05) is 0 Å². The van der Waals surface area contributed by atoms with Gasteiger partial charge < -0.3 is 10.7 Å². The lowest BCUT2D eigenvalue weighted by molar-refractivity contribution is 0.125. The minimum atomic E-state index is -2.54. The zero-order chi connectivity index (χ0) is 7.28. The maximum absolute atomic E-state index is 11.3. The molecule has 0 aromatic rings. The molecule has 0 aromatic carbocycles. The number of halogens is 2. The van der Waals surface area contributed by atoms with Crippen molar-refractivity contribution in [3.8, 4) is 0 Å². The van der Waals surface area contributed by atoms with Gasteiger partial charge in [-0.05, 0) is 12.5 Å². The Morgan fingerprint density at radius 2 is 2.22 bits per heavy atom. The molecule has 9 heavy (non-hydrogen) atoms. The fourth-order valence-electron chi connectivity index (χ4n) is 0.236.